The summed E-state index contributed by atoms with van der Waals surface area (Å²) in [4.78, 5) is 12.8. The van der Waals surface area contributed by atoms with Crippen molar-refractivity contribution in [2.45, 2.75) is 0 Å². The first-order chi connectivity index (χ1) is 14.3. The van der Waals surface area contributed by atoms with Crippen LogP contribution in [0.1, 0.15) is 0 Å². The molecule has 29 heavy (non-hydrogen) atoms. The fraction of sp³-hybridized carbons (Fsp3) is 0. The molecule has 0 saturated carbocycles. The number of fused-ring (bicyclic) bond motifs is 7. The topological polar surface area (TPSA) is 40.5 Å². The number of hydrogen-bond acceptors (Lipinski definition) is 2. The molecule has 1 N–H and O–H groups in total. The van der Waals surface area contributed by atoms with Gasteiger partial charge in [-0.05, 0) is 66.8 Å². The SMILES string of the molecule is C1=C2C=C3C=CC(=N3)C=C3C=CC(=N3)C=c3ccc([nH]3)=CC=1C1=CC=CC=C=C21. The van der Waals surface area contributed by atoms with Crippen LogP contribution in [-0.2, 0) is 0 Å². The third kappa shape index (κ3) is 2.88. The fourth-order valence-corrected chi connectivity index (χ4v) is 3.77. The van der Waals surface area contributed by atoms with E-state index in [0.717, 1.165) is 55.8 Å². The molecule has 8 bridgehead atoms. The third-order valence-electron chi connectivity index (χ3n) is 5.08. The Labute approximate surface area is 167 Å². The Morgan fingerprint density at radius 3 is 2.34 bits per heavy atom. The summed E-state index contributed by atoms with van der Waals surface area (Å²) in [5.41, 5.74) is 14.7. The van der Waals surface area contributed by atoms with Crippen LogP contribution in [0.5, 0.6) is 0 Å². The Morgan fingerprint density at radius 2 is 1.48 bits per heavy atom. The van der Waals surface area contributed by atoms with Crippen LogP contribution in [0, 0.1) is 0 Å². The Hall–Kier alpha value is -4.16. The Balaban J connectivity index is 1.62. The summed E-state index contributed by atoms with van der Waals surface area (Å²) in [6.07, 6.45) is 24.4. The van der Waals surface area contributed by atoms with E-state index in [1.807, 2.05) is 54.7 Å². The zero-order chi connectivity index (χ0) is 19.2. The normalized spacial score (nSPS) is 20.3. The van der Waals surface area contributed by atoms with Gasteiger partial charge >= 0.3 is 0 Å². The number of aliphatic imine (C=N–C) groups is 2. The van der Waals surface area contributed by atoms with Gasteiger partial charge in [0.1, 0.15) is 0 Å². The summed E-state index contributed by atoms with van der Waals surface area (Å²) < 4.78 is 0. The number of H-pyrrole nitrogens is 1. The molecule has 0 radical (unpaired) electrons. The van der Waals surface area contributed by atoms with Gasteiger partial charge in [-0.2, -0.15) is 0 Å². The number of hydrogen-bond donors (Lipinski definition) is 1. The maximum atomic E-state index is 4.73. The lowest BCUT2D eigenvalue weighted by molar-refractivity contribution is 1.27. The van der Waals surface area contributed by atoms with E-state index in [1.54, 1.807) is 0 Å². The zero-order valence-electron chi connectivity index (χ0n) is 15.5. The molecule has 5 aliphatic rings. The molecule has 0 fully saturated rings. The monoisotopic (exact) mass is 369 g/mol. The van der Waals surface area contributed by atoms with E-state index in [1.165, 1.54) is 0 Å². The highest BCUT2D eigenvalue weighted by molar-refractivity contribution is 6.19. The number of nitrogens with zero attached hydrogens (tertiary/aromatic N) is 2. The van der Waals surface area contributed by atoms with Gasteiger partial charge in [-0.1, -0.05) is 18.2 Å². The van der Waals surface area contributed by atoms with E-state index in [0.29, 0.717) is 0 Å². The average Bonchev–Trinajstić information content (AvgIpc) is 3.46. The number of aromatic amines is 1. The number of nitrogens with one attached hydrogen (secondary N) is 1. The second-order valence-corrected chi connectivity index (χ2v) is 7.14. The van der Waals surface area contributed by atoms with Gasteiger partial charge in [0.25, 0.3) is 0 Å². The molecule has 134 valence electrons. The first-order valence-electron chi connectivity index (χ1n) is 9.51. The van der Waals surface area contributed by atoms with Crippen molar-refractivity contribution in [3.05, 3.63) is 129 Å². The summed E-state index contributed by atoms with van der Waals surface area (Å²) in [6.45, 7) is 0. The number of aromatic nitrogens is 1. The molecule has 0 spiro atoms. The largest absolute Gasteiger partial charge is 0.355 e. The van der Waals surface area contributed by atoms with Crippen molar-refractivity contribution in [1.82, 2.24) is 4.98 Å². The quantitative estimate of drug-likeness (QED) is 0.681. The van der Waals surface area contributed by atoms with E-state index in [-0.39, 0.29) is 0 Å². The second kappa shape index (κ2) is 6.19. The lowest BCUT2D eigenvalue weighted by atomic mass is 9.99. The van der Waals surface area contributed by atoms with Crippen molar-refractivity contribution in [1.29, 1.82) is 0 Å². The zero-order valence-corrected chi connectivity index (χ0v) is 15.5. The number of rotatable bonds is 0. The molecular formula is C26H15N3. The smallest absolute Gasteiger partial charge is 0.0659 e. The van der Waals surface area contributed by atoms with Crippen molar-refractivity contribution in [3.63, 3.8) is 0 Å². The van der Waals surface area contributed by atoms with Gasteiger partial charge in [-0.3, -0.25) is 0 Å². The van der Waals surface area contributed by atoms with Gasteiger partial charge in [0, 0.05) is 33.0 Å². The lowest BCUT2D eigenvalue weighted by Crippen LogP contribution is -2.11. The van der Waals surface area contributed by atoms with Gasteiger partial charge in [-0.15, -0.1) is 11.5 Å². The van der Waals surface area contributed by atoms with Crippen LogP contribution in [0.3, 0.4) is 0 Å². The van der Waals surface area contributed by atoms with Gasteiger partial charge in [0.2, 0.25) is 0 Å². The molecule has 0 saturated heterocycles. The molecular weight excluding hydrogens is 354 g/mol. The minimum Gasteiger partial charge on any atom is -0.355 e. The standard InChI is InChI=1S/C26H15N3/c1-2-4-25-17-12-18(26(25)5-3-1)14-20-7-9-22(28-20)16-24-11-10-23(29-24)15-21-8-6-19(13-17)27-21/h1-4,6-11,13-16,27H. The molecule has 4 heterocycles. The summed E-state index contributed by atoms with van der Waals surface area (Å²) >= 11 is 0. The van der Waals surface area contributed by atoms with E-state index in [4.69, 9.17) is 4.99 Å². The highest BCUT2D eigenvalue weighted by Gasteiger charge is 2.19. The van der Waals surface area contributed by atoms with Crippen LogP contribution >= 0.6 is 0 Å². The molecule has 6 rings (SSSR count). The van der Waals surface area contributed by atoms with Crippen LogP contribution in [0.15, 0.2) is 128 Å². The van der Waals surface area contributed by atoms with Crippen LogP contribution in [0.4, 0.5) is 0 Å². The van der Waals surface area contributed by atoms with E-state index >= 15 is 0 Å². The predicted octanol–water partition coefficient (Wildman–Crippen LogP) is 3.42. The van der Waals surface area contributed by atoms with Crippen molar-refractivity contribution in [2.24, 2.45) is 9.98 Å². The summed E-state index contributed by atoms with van der Waals surface area (Å²) in [5, 5.41) is 2.04. The molecule has 0 amide bonds. The third-order valence-corrected chi connectivity index (χ3v) is 5.08. The van der Waals surface area contributed by atoms with Crippen molar-refractivity contribution >= 4 is 23.6 Å². The summed E-state index contributed by atoms with van der Waals surface area (Å²) in [6, 6.07) is 4.14. The predicted molar refractivity (Wildman–Crippen MR) is 118 cm³/mol. The fourth-order valence-electron chi connectivity index (χ4n) is 3.77. The van der Waals surface area contributed by atoms with Crippen molar-refractivity contribution < 1.29 is 0 Å². The molecule has 1 aromatic rings. The lowest BCUT2D eigenvalue weighted by Gasteiger charge is -2.02. The summed E-state index contributed by atoms with van der Waals surface area (Å²) in [7, 11) is 0. The molecule has 3 heteroatoms. The average molecular weight is 369 g/mol. The Bertz CT molecular complexity index is 1480. The van der Waals surface area contributed by atoms with Gasteiger partial charge in [-0.25, -0.2) is 9.98 Å². The highest BCUT2D eigenvalue weighted by Crippen LogP contribution is 2.34. The second-order valence-electron chi connectivity index (χ2n) is 7.14. The Kier molecular flexibility index (Phi) is 3.38. The van der Waals surface area contributed by atoms with E-state index in [2.05, 4.69) is 51.8 Å². The van der Waals surface area contributed by atoms with Gasteiger partial charge in [0.05, 0.1) is 22.8 Å². The summed E-state index contributed by atoms with van der Waals surface area (Å²) in [5.74, 6) is 0. The van der Waals surface area contributed by atoms with E-state index in [9.17, 15) is 0 Å². The van der Waals surface area contributed by atoms with Gasteiger partial charge in [0.15, 0.2) is 0 Å². The van der Waals surface area contributed by atoms with Crippen LogP contribution in [0.2, 0.25) is 0 Å². The van der Waals surface area contributed by atoms with Crippen LogP contribution in [0.25, 0.3) is 12.2 Å². The minimum atomic E-state index is 0.896. The molecule has 0 atom stereocenters. The molecule has 3 nitrogen and oxygen atoms in total. The van der Waals surface area contributed by atoms with Crippen molar-refractivity contribution in [3.8, 4) is 0 Å². The first-order valence-corrected chi connectivity index (χ1v) is 9.51. The molecule has 3 aliphatic heterocycles. The highest BCUT2D eigenvalue weighted by atomic mass is 14.8. The Morgan fingerprint density at radius 1 is 0.724 bits per heavy atom. The minimum absolute atomic E-state index is 0.896. The van der Waals surface area contributed by atoms with Crippen LogP contribution in [-0.4, -0.2) is 16.4 Å². The molecule has 0 unspecified atom stereocenters. The molecule has 2 aliphatic carbocycles. The first kappa shape index (κ1) is 15.9. The maximum Gasteiger partial charge on any atom is 0.0659 e. The molecule has 0 aromatic carbocycles. The number of allylic oxidation sites excluding steroid dienone is 12. The van der Waals surface area contributed by atoms with Gasteiger partial charge < -0.3 is 4.98 Å². The van der Waals surface area contributed by atoms with E-state index < -0.39 is 0 Å². The molecule has 1 aromatic heterocycles. The van der Waals surface area contributed by atoms with Crippen LogP contribution < -0.4 is 10.7 Å². The van der Waals surface area contributed by atoms with Crippen molar-refractivity contribution in [2.75, 3.05) is 0 Å². The maximum absolute atomic E-state index is 4.73.